The van der Waals surface area contributed by atoms with Gasteiger partial charge in [0.25, 0.3) is 0 Å². The molecular formula is C17H20ClNO. The first-order valence-electron chi connectivity index (χ1n) is 6.66. The van der Waals surface area contributed by atoms with Crippen molar-refractivity contribution in [2.45, 2.75) is 19.3 Å². The van der Waals surface area contributed by atoms with Gasteiger partial charge in [-0.2, -0.15) is 0 Å². The smallest absolute Gasteiger partial charge is 0.142 e. The van der Waals surface area contributed by atoms with Gasteiger partial charge in [0, 0.05) is 17.0 Å². The van der Waals surface area contributed by atoms with Crippen molar-refractivity contribution in [3.05, 3.63) is 59.1 Å². The van der Waals surface area contributed by atoms with E-state index in [-0.39, 0.29) is 5.41 Å². The van der Waals surface area contributed by atoms with Crippen LogP contribution in [0.2, 0.25) is 5.02 Å². The zero-order valence-electron chi connectivity index (χ0n) is 12.1. The Bertz CT molecular complexity index is 566. The van der Waals surface area contributed by atoms with E-state index in [9.17, 15) is 0 Å². The average Bonchev–Trinajstić information content (AvgIpc) is 2.46. The highest BCUT2D eigenvalue weighted by molar-refractivity contribution is 6.30. The number of hydrogen-bond donors (Lipinski definition) is 1. The van der Waals surface area contributed by atoms with Crippen LogP contribution in [0.1, 0.15) is 19.4 Å². The van der Waals surface area contributed by atoms with Gasteiger partial charge in [-0.15, -0.1) is 0 Å². The largest absolute Gasteiger partial charge is 0.495 e. The molecular weight excluding hydrogens is 270 g/mol. The minimum atomic E-state index is 0.0224. The summed E-state index contributed by atoms with van der Waals surface area (Å²) in [6.45, 7) is 5.23. The molecule has 2 aromatic rings. The number of rotatable bonds is 5. The molecule has 0 saturated heterocycles. The fourth-order valence-electron chi connectivity index (χ4n) is 2.13. The Kier molecular flexibility index (Phi) is 4.56. The molecule has 0 aromatic heterocycles. The second-order valence-electron chi connectivity index (χ2n) is 5.45. The highest BCUT2D eigenvalue weighted by Crippen LogP contribution is 2.30. The van der Waals surface area contributed by atoms with Crippen LogP contribution >= 0.6 is 11.6 Å². The maximum absolute atomic E-state index is 6.05. The van der Waals surface area contributed by atoms with Crippen LogP contribution in [-0.2, 0) is 5.41 Å². The zero-order chi connectivity index (χ0) is 14.6. The van der Waals surface area contributed by atoms with Gasteiger partial charge in [0.15, 0.2) is 0 Å². The second kappa shape index (κ2) is 6.19. The first-order chi connectivity index (χ1) is 9.53. The summed E-state index contributed by atoms with van der Waals surface area (Å²) < 4.78 is 5.35. The molecule has 0 saturated carbocycles. The van der Waals surface area contributed by atoms with E-state index in [0.29, 0.717) is 5.02 Å². The van der Waals surface area contributed by atoms with Crippen molar-refractivity contribution in [2.24, 2.45) is 0 Å². The van der Waals surface area contributed by atoms with Gasteiger partial charge in [-0.05, 0) is 23.8 Å². The summed E-state index contributed by atoms with van der Waals surface area (Å²) >= 11 is 6.05. The molecule has 0 fully saturated rings. The van der Waals surface area contributed by atoms with Crippen molar-refractivity contribution in [1.29, 1.82) is 0 Å². The fourth-order valence-corrected chi connectivity index (χ4v) is 2.30. The number of ether oxygens (including phenoxy) is 1. The molecule has 0 atom stereocenters. The van der Waals surface area contributed by atoms with Crippen molar-refractivity contribution in [3.63, 3.8) is 0 Å². The van der Waals surface area contributed by atoms with Gasteiger partial charge in [0.2, 0.25) is 0 Å². The maximum atomic E-state index is 6.05. The van der Waals surface area contributed by atoms with Gasteiger partial charge in [-0.1, -0.05) is 55.8 Å². The average molecular weight is 290 g/mol. The Labute approximate surface area is 125 Å². The molecule has 106 valence electrons. The minimum absolute atomic E-state index is 0.0224. The lowest BCUT2D eigenvalue weighted by Crippen LogP contribution is -2.27. The standard InChI is InChI=1S/C17H20ClNO/c1-17(2,13-7-5-4-6-8-13)12-19-15-11-14(18)9-10-16(15)20-3/h4-11,19H,12H2,1-3H3. The van der Waals surface area contributed by atoms with E-state index >= 15 is 0 Å². The van der Waals surface area contributed by atoms with Gasteiger partial charge < -0.3 is 10.1 Å². The Morgan fingerprint density at radius 1 is 1.10 bits per heavy atom. The summed E-state index contributed by atoms with van der Waals surface area (Å²) in [5.41, 5.74) is 2.24. The number of hydrogen-bond acceptors (Lipinski definition) is 2. The van der Waals surface area contributed by atoms with Gasteiger partial charge in [-0.3, -0.25) is 0 Å². The zero-order valence-corrected chi connectivity index (χ0v) is 12.9. The van der Waals surface area contributed by atoms with Crippen LogP contribution in [0.3, 0.4) is 0 Å². The van der Waals surface area contributed by atoms with Crippen LogP contribution in [0.15, 0.2) is 48.5 Å². The van der Waals surface area contributed by atoms with Crippen LogP contribution in [0, 0.1) is 0 Å². The van der Waals surface area contributed by atoms with E-state index in [0.717, 1.165) is 18.0 Å². The van der Waals surface area contributed by atoms with Crippen LogP contribution < -0.4 is 10.1 Å². The van der Waals surface area contributed by atoms with Crippen LogP contribution in [0.25, 0.3) is 0 Å². The van der Waals surface area contributed by atoms with Crippen molar-refractivity contribution in [2.75, 3.05) is 19.0 Å². The topological polar surface area (TPSA) is 21.3 Å². The third-order valence-electron chi connectivity index (χ3n) is 3.44. The molecule has 20 heavy (non-hydrogen) atoms. The highest BCUT2D eigenvalue weighted by Gasteiger charge is 2.20. The highest BCUT2D eigenvalue weighted by atomic mass is 35.5. The molecule has 0 aliphatic heterocycles. The second-order valence-corrected chi connectivity index (χ2v) is 5.88. The van der Waals surface area contributed by atoms with E-state index in [2.05, 4.69) is 43.4 Å². The molecule has 0 unspecified atom stereocenters. The number of benzene rings is 2. The third-order valence-corrected chi connectivity index (χ3v) is 3.67. The SMILES string of the molecule is COc1ccc(Cl)cc1NCC(C)(C)c1ccccc1. The van der Waals surface area contributed by atoms with Crippen LogP contribution in [0.5, 0.6) is 5.75 Å². The minimum Gasteiger partial charge on any atom is -0.495 e. The van der Waals surface area contributed by atoms with Gasteiger partial charge in [0.1, 0.15) is 5.75 Å². The van der Waals surface area contributed by atoms with E-state index < -0.39 is 0 Å². The molecule has 1 N–H and O–H groups in total. The lowest BCUT2D eigenvalue weighted by Gasteiger charge is -2.26. The molecule has 0 radical (unpaired) electrons. The van der Waals surface area contributed by atoms with E-state index in [1.165, 1.54) is 5.56 Å². The Hall–Kier alpha value is -1.67. The number of anilines is 1. The van der Waals surface area contributed by atoms with Gasteiger partial charge in [-0.25, -0.2) is 0 Å². The molecule has 0 bridgehead atoms. The molecule has 3 heteroatoms. The fraction of sp³-hybridized carbons (Fsp3) is 0.294. The van der Waals surface area contributed by atoms with Crippen molar-refractivity contribution < 1.29 is 4.74 Å². The quantitative estimate of drug-likeness (QED) is 0.858. The predicted molar refractivity (Wildman–Crippen MR) is 86.0 cm³/mol. The summed E-state index contributed by atoms with van der Waals surface area (Å²) in [4.78, 5) is 0. The summed E-state index contributed by atoms with van der Waals surface area (Å²) in [6.07, 6.45) is 0. The Morgan fingerprint density at radius 3 is 2.45 bits per heavy atom. The third kappa shape index (κ3) is 3.45. The van der Waals surface area contributed by atoms with Crippen molar-refractivity contribution in [3.8, 4) is 5.75 Å². The summed E-state index contributed by atoms with van der Waals surface area (Å²) in [5.74, 6) is 0.804. The first-order valence-corrected chi connectivity index (χ1v) is 7.04. The molecule has 2 nitrogen and oxygen atoms in total. The number of halogens is 1. The monoisotopic (exact) mass is 289 g/mol. The maximum Gasteiger partial charge on any atom is 0.142 e. The molecule has 0 heterocycles. The Morgan fingerprint density at radius 2 is 1.80 bits per heavy atom. The molecule has 2 rings (SSSR count). The molecule has 0 aliphatic carbocycles. The molecule has 2 aromatic carbocycles. The number of nitrogens with one attached hydrogen (secondary N) is 1. The van der Waals surface area contributed by atoms with Crippen LogP contribution in [-0.4, -0.2) is 13.7 Å². The van der Waals surface area contributed by atoms with E-state index in [4.69, 9.17) is 16.3 Å². The molecule has 0 spiro atoms. The normalized spacial score (nSPS) is 11.2. The molecule has 0 aliphatic rings. The van der Waals surface area contributed by atoms with E-state index in [1.54, 1.807) is 7.11 Å². The summed E-state index contributed by atoms with van der Waals surface area (Å²) in [5, 5.41) is 4.13. The Balaban J connectivity index is 2.14. The lowest BCUT2D eigenvalue weighted by molar-refractivity contribution is 0.416. The van der Waals surface area contributed by atoms with Crippen molar-refractivity contribution >= 4 is 17.3 Å². The lowest BCUT2D eigenvalue weighted by atomic mass is 9.84. The van der Waals surface area contributed by atoms with Crippen molar-refractivity contribution in [1.82, 2.24) is 0 Å². The summed E-state index contributed by atoms with van der Waals surface area (Å²) in [7, 11) is 1.66. The van der Waals surface area contributed by atoms with Gasteiger partial charge >= 0.3 is 0 Å². The van der Waals surface area contributed by atoms with Crippen LogP contribution in [0.4, 0.5) is 5.69 Å². The summed E-state index contributed by atoms with van der Waals surface area (Å²) in [6, 6.07) is 16.1. The predicted octanol–water partition coefficient (Wildman–Crippen LogP) is 4.74. The van der Waals surface area contributed by atoms with Gasteiger partial charge in [0.05, 0.1) is 12.8 Å². The first kappa shape index (κ1) is 14.7. The number of methoxy groups -OCH3 is 1. The van der Waals surface area contributed by atoms with E-state index in [1.807, 2.05) is 24.3 Å². The molecule has 0 amide bonds.